The third-order valence-corrected chi connectivity index (χ3v) is 16.5. The fraction of sp³-hybridized carbons (Fsp3) is 0.538. The van der Waals surface area contributed by atoms with E-state index in [-0.39, 0.29) is 28.8 Å². The van der Waals surface area contributed by atoms with Crippen LogP contribution in [0.2, 0.25) is 0 Å². The predicted octanol–water partition coefficient (Wildman–Crippen LogP) is 6.09. The molecule has 0 fully saturated rings. The minimum absolute atomic E-state index is 0.0106. The van der Waals surface area contributed by atoms with Crippen molar-refractivity contribution >= 4 is 20.9 Å². The summed E-state index contributed by atoms with van der Waals surface area (Å²) < 4.78 is -0.239. The summed E-state index contributed by atoms with van der Waals surface area (Å²) in [5, 5.41) is 10.8. The van der Waals surface area contributed by atoms with E-state index in [0.29, 0.717) is 0 Å². The monoisotopic (exact) mass is 502 g/mol. The van der Waals surface area contributed by atoms with Crippen LogP contribution in [-0.4, -0.2) is 28.1 Å². The van der Waals surface area contributed by atoms with Crippen molar-refractivity contribution < 1.29 is 0 Å². The average Bonchev–Trinajstić information content (AvgIpc) is 3.21. The van der Waals surface area contributed by atoms with Crippen LogP contribution in [0.1, 0.15) is 77.6 Å². The maximum absolute atomic E-state index is 5.38. The summed E-state index contributed by atoms with van der Waals surface area (Å²) in [5.41, 5.74) is 5.84. The fourth-order valence-corrected chi connectivity index (χ4v) is 12.7. The van der Waals surface area contributed by atoms with Gasteiger partial charge < -0.3 is 0 Å². The van der Waals surface area contributed by atoms with Crippen LogP contribution < -0.4 is 0 Å². The van der Waals surface area contributed by atoms with Crippen LogP contribution in [0, 0.1) is 0 Å². The normalized spacial score (nSPS) is 27.3. The number of nitrogens with zero attached hydrogens (tertiary/aromatic N) is 2. The number of hydrogen-bond donors (Lipinski definition) is 0. The summed E-state index contributed by atoms with van der Waals surface area (Å²) in [5.74, 6) is 0. The molecule has 2 spiro atoms. The van der Waals surface area contributed by atoms with Crippen LogP contribution in [0.4, 0.5) is 0 Å². The first-order valence-corrected chi connectivity index (χ1v) is 13.0. The van der Waals surface area contributed by atoms with Gasteiger partial charge in [-0.15, -0.1) is 0 Å². The van der Waals surface area contributed by atoms with Gasteiger partial charge in [0.15, 0.2) is 0 Å². The van der Waals surface area contributed by atoms with Gasteiger partial charge in [0.25, 0.3) is 0 Å². The Kier molecular flexibility index (Phi) is 3.65. The molecule has 2 aliphatic carbocycles. The van der Waals surface area contributed by atoms with E-state index in [9.17, 15) is 0 Å². The molecule has 5 rings (SSSR count). The molecule has 0 amide bonds. The van der Waals surface area contributed by atoms with Gasteiger partial charge in [-0.25, -0.2) is 0 Å². The molecule has 0 N–H and O–H groups in total. The molecule has 0 bridgehead atoms. The first-order valence-electron chi connectivity index (χ1n) is 10.7. The third kappa shape index (κ3) is 1.88. The third-order valence-electron chi connectivity index (χ3n) is 8.56. The fourth-order valence-electron chi connectivity index (χ4n) is 6.84. The molecule has 1 heterocycles. The number of fused-ring (bicyclic) bond motifs is 2. The van der Waals surface area contributed by atoms with Crippen molar-refractivity contribution in [3.8, 4) is 0 Å². The molecule has 2 aromatic carbocycles. The van der Waals surface area contributed by atoms with Crippen LogP contribution >= 0.6 is 0 Å². The number of hydrogen-bond acceptors (Lipinski definition) is 2. The van der Waals surface area contributed by atoms with Crippen LogP contribution in [0.15, 0.2) is 58.8 Å². The van der Waals surface area contributed by atoms with Gasteiger partial charge in [0, 0.05) is 0 Å². The van der Waals surface area contributed by atoms with E-state index in [1.165, 1.54) is 22.3 Å². The molecule has 0 atom stereocenters. The summed E-state index contributed by atoms with van der Waals surface area (Å²) in [6.07, 6.45) is 0. The first kappa shape index (κ1) is 19.8. The molecule has 2 aromatic rings. The Bertz CT molecular complexity index is 904. The van der Waals surface area contributed by atoms with Gasteiger partial charge in [-0.3, -0.25) is 0 Å². The van der Waals surface area contributed by atoms with Crippen molar-refractivity contribution in [1.29, 1.82) is 0 Å². The predicted molar refractivity (Wildman–Crippen MR) is 121 cm³/mol. The molecular weight excluding hydrogens is 468 g/mol. The van der Waals surface area contributed by atoms with Crippen molar-refractivity contribution in [1.82, 2.24) is 0 Å². The second kappa shape index (κ2) is 5.35. The summed E-state index contributed by atoms with van der Waals surface area (Å²) in [6, 6.07) is 18.1. The Hall–Kier alpha value is -1.17. The number of azo groups is 1. The average molecular weight is 500 g/mol. The molecule has 152 valence electrons. The second-order valence-electron chi connectivity index (χ2n) is 11.2. The molecule has 0 saturated carbocycles. The molecule has 2 nitrogen and oxygen atoms in total. The molecule has 0 unspecified atom stereocenters. The van der Waals surface area contributed by atoms with Crippen LogP contribution in [0.3, 0.4) is 0 Å². The van der Waals surface area contributed by atoms with E-state index >= 15 is 0 Å². The second-order valence-corrected chi connectivity index (χ2v) is 15.1. The zero-order valence-electron chi connectivity index (χ0n) is 18.9. The van der Waals surface area contributed by atoms with Crippen molar-refractivity contribution in [2.75, 3.05) is 0 Å². The van der Waals surface area contributed by atoms with E-state index in [2.05, 4.69) is 104 Å². The summed E-state index contributed by atoms with van der Waals surface area (Å²) >= 11 is -0.682. The molecular formula is C26H32N2Te. The Balaban J connectivity index is 1.75. The van der Waals surface area contributed by atoms with Crippen molar-refractivity contribution in [2.24, 2.45) is 10.2 Å². The Labute approximate surface area is 185 Å². The van der Waals surface area contributed by atoms with Crippen LogP contribution in [0.25, 0.3) is 0 Å². The van der Waals surface area contributed by atoms with E-state index < -0.39 is 20.9 Å². The number of rotatable bonds is 0. The molecule has 3 aliphatic rings. The van der Waals surface area contributed by atoms with Gasteiger partial charge in [0.05, 0.1) is 0 Å². The zero-order valence-corrected chi connectivity index (χ0v) is 21.3. The van der Waals surface area contributed by atoms with Gasteiger partial charge in [-0.05, 0) is 0 Å². The van der Waals surface area contributed by atoms with Gasteiger partial charge >= 0.3 is 186 Å². The van der Waals surface area contributed by atoms with Crippen molar-refractivity contribution in [3.05, 3.63) is 70.8 Å². The molecule has 29 heavy (non-hydrogen) atoms. The summed E-state index contributed by atoms with van der Waals surface area (Å²) in [4.78, 5) is 0. The van der Waals surface area contributed by atoms with E-state index in [0.717, 1.165) is 0 Å². The molecule has 0 saturated heterocycles. The molecule has 0 aromatic heterocycles. The van der Waals surface area contributed by atoms with Crippen molar-refractivity contribution in [2.45, 2.75) is 84.2 Å². The van der Waals surface area contributed by atoms with E-state index in [1.807, 2.05) is 0 Å². The molecule has 1 aliphatic heterocycles. The zero-order chi connectivity index (χ0) is 21.1. The molecule has 0 radical (unpaired) electrons. The van der Waals surface area contributed by atoms with Gasteiger partial charge in [-0.2, -0.15) is 0 Å². The topological polar surface area (TPSA) is 24.7 Å². The van der Waals surface area contributed by atoms with E-state index in [1.54, 1.807) is 0 Å². The maximum atomic E-state index is 5.38. The number of benzene rings is 2. The Morgan fingerprint density at radius 2 is 0.724 bits per heavy atom. The SMILES string of the molecule is CC1(C)c2ccccc2C(C)(C)C12N=NC1([Te]2)C(C)(C)c2ccccc2C1(C)C. The first-order chi connectivity index (χ1) is 13.4. The summed E-state index contributed by atoms with van der Waals surface area (Å²) in [7, 11) is 0. The minimum atomic E-state index is -0.682. The Morgan fingerprint density at radius 3 is 0.966 bits per heavy atom. The van der Waals surface area contributed by atoms with Gasteiger partial charge in [0.2, 0.25) is 0 Å². The van der Waals surface area contributed by atoms with Crippen molar-refractivity contribution in [3.63, 3.8) is 0 Å². The van der Waals surface area contributed by atoms with Gasteiger partial charge in [-0.1, -0.05) is 0 Å². The molecule has 3 heteroatoms. The summed E-state index contributed by atoms with van der Waals surface area (Å²) in [6.45, 7) is 19.4. The van der Waals surface area contributed by atoms with Crippen LogP contribution in [0.5, 0.6) is 0 Å². The Morgan fingerprint density at radius 1 is 0.483 bits per heavy atom. The van der Waals surface area contributed by atoms with Gasteiger partial charge in [0.1, 0.15) is 0 Å². The van der Waals surface area contributed by atoms with E-state index in [4.69, 9.17) is 10.2 Å². The standard InChI is InChI=1S/C26H32N2Te/c1-21(2)17-13-9-10-14-18(17)22(3,4)25(21)27-28-26(29-25)23(5,6)19-15-11-12-16-20(19)24(26,7)8/h9-16H,1-8H3. The quantitative estimate of drug-likeness (QED) is 0.392. The van der Waals surface area contributed by atoms with Crippen LogP contribution in [-0.2, 0) is 21.7 Å².